The Kier molecular flexibility index (Phi) is 6.96. The molecule has 1 aromatic carbocycles. The molecule has 24 heavy (non-hydrogen) atoms. The van der Waals surface area contributed by atoms with Crippen LogP contribution < -0.4 is 16.0 Å². The van der Waals surface area contributed by atoms with E-state index in [-0.39, 0.29) is 18.5 Å². The summed E-state index contributed by atoms with van der Waals surface area (Å²) < 4.78 is 0. The van der Waals surface area contributed by atoms with E-state index in [2.05, 4.69) is 47.9 Å². The van der Waals surface area contributed by atoms with Gasteiger partial charge in [-0.2, -0.15) is 0 Å². The summed E-state index contributed by atoms with van der Waals surface area (Å²) in [5.41, 5.74) is 2.35. The molecule has 0 bridgehead atoms. The van der Waals surface area contributed by atoms with Crippen LogP contribution in [0.4, 0.5) is 4.79 Å². The molecule has 0 fully saturated rings. The Morgan fingerprint density at radius 3 is 2.58 bits per heavy atom. The van der Waals surface area contributed by atoms with E-state index in [0.717, 1.165) is 12.0 Å². The molecule has 0 radical (unpaired) electrons. The Bertz CT molecular complexity index is 653. The second kappa shape index (κ2) is 9.20. The molecule has 1 atom stereocenters. The lowest BCUT2D eigenvalue weighted by Crippen LogP contribution is -2.87. The molecule has 5 nitrogen and oxygen atoms in total. The summed E-state index contributed by atoms with van der Waals surface area (Å²) in [6, 6.07) is 12.0. The Labute approximate surface area is 146 Å². The van der Waals surface area contributed by atoms with Crippen molar-refractivity contribution in [2.24, 2.45) is 0 Å². The van der Waals surface area contributed by atoms with E-state index in [1.54, 1.807) is 11.3 Å². The minimum Gasteiger partial charge on any atom is -0.338 e. The smallest absolute Gasteiger partial charge is 0.321 e. The Morgan fingerprint density at radius 2 is 1.96 bits per heavy atom. The number of aryl methyl sites for hydroxylation is 1. The molecule has 0 aliphatic carbocycles. The van der Waals surface area contributed by atoms with Crippen LogP contribution in [0.3, 0.4) is 0 Å². The molecule has 0 spiro atoms. The fourth-order valence-electron chi connectivity index (χ4n) is 2.34. The summed E-state index contributed by atoms with van der Waals surface area (Å²) in [4.78, 5) is 24.7. The van der Waals surface area contributed by atoms with Crippen molar-refractivity contribution >= 4 is 23.3 Å². The third-order valence-corrected chi connectivity index (χ3v) is 4.57. The van der Waals surface area contributed by atoms with Crippen LogP contribution in [0.25, 0.3) is 0 Å². The Hall–Kier alpha value is -2.18. The Balaban J connectivity index is 1.98. The van der Waals surface area contributed by atoms with Crippen molar-refractivity contribution in [2.45, 2.75) is 26.3 Å². The Morgan fingerprint density at radius 1 is 1.21 bits per heavy atom. The number of hydrogen-bond donors (Lipinski definition) is 3. The van der Waals surface area contributed by atoms with E-state index in [1.165, 1.54) is 10.4 Å². The summed E-state index contributed by atoms with van der Waals surface area (Å²) in [6.07, 6.45) is 0.835. The van der Waals surface area contributed by atoms with Gasteiger partial charge in [0.15, 0.2) is 6.54 Å². The molecule has 1 heterocycles. The minimum absolute atomic E-state index is 0.0510. The van der Waals surface area contributed by atoms with Gasteiger partial charge in [-0.05, 0) is 24.8 Å². The number of benzene rings is 1. The molecule has 0 aliphatic heterocycles. The number of amides is 3. The van der Waals surface area contributed by atoms with Gasteiger partial charge in [-0.15, -0.1) is 11.3 Å². The number of carbonyl (C=O) groups is 2. The predicted octanol–water partition coefficient (Wildman–Crippen LogP) is 1.95. The average molecular weight is 346 g/mol. The minimum atomic E-state index is -0.432. The van der Waals surface area contributed by atoms with Crippen LogP contribution in [-0.4, -0.2) is 25.0 Å². The summed E-state index contributed by atoms with van der Waals surface area (Å²) >= 11 is 1.66. The van der Waals surface area contributed by atoms with E-state index >= 15 is 0 Å². The molecule has 3 amide bonds. The topological polar surface area (TPSA) is 74.8 Å². The first-order valence-corrected chi connectivity index (χ1v) is 8.99. The van der Waals surface area contributed by atoms with Crippen molar-refractivity contribution in [3.05, 3.63) is 57.8 Å². The largest absolute Gasteiger partial charge is 0.338 e. The first-order valence-electron chi connectivity index (χ1n) is 8.11. The zero-order valence-electron chi connectivity index (χ0n) is 14.0. The summed E-state index contributed by atoms with van der Waals surface area (Å²) in [5.74, 6) is -0.294. The van der Waals surface area contributed by atoms with Gasteiger partial charge in [-0.1, -0.05) is 42.8 Å². The molecule has 0 aliphatic rings. The lowest BCUT2D eigenvalue weighted by molar-refractivity contribution is -0.676. The van der Waals surface area contributed by atoms with Gasteiger partial charge < -0.3 is 10.6 Å². The van der Waals surface area contributed by atoms with Crippen LogP contribution in [0, 0.1) is 6.92 Å². The molecule has 0 saturated carbocycles. The third kappa shape index (κ3) is 5.47. The van der Waals surface area contributed by atoms with Crippen molar-refractivity contribution in [2.75, 3.05) is 13.1 Å². The predicted molar refractivity (Wildman–Crippen MR) is 96.0 cm³/mol. The van der Waals surface area contributed by atoms with E-state index < -0.39 is 6.03 Å². The van der Waals surface area contributed by atoms with Gasteiger partial charge in [0.2, 0.25) is 0 Å². The zero-order chi connectivity index (χ0) is 17.4. The highest BCUT2D eigenvalue weighted by Crippen LogP contribution is 2.22. The average Bonchev–Trinajstić information content (AvgIpc) is 3.09. The molecule has 2 rings (SSSR count). The van der Waals surface area contributed by atoms with Crippen molar-refractivity contribution < 1.29 is 14.9 Å². The number of thiophene rings is 1. The van der Waals surface area contributed by atoms with Crippen molar-refractivity contribution in [1.82, 2.24) is 10.6 Å². The number of hydrogen-bond acceptors (Lipinski definition) is 3. The van der Waals surface area contributed by atoms with E-state index in [0.29, 0.717) is 6.54 Å². The molecular weight excluding hydrogens is 322 g/mol. The molecule has 0 unspecified atom stereocenters. The number of quaternary nitrogens is 1. The van der Waals surface area contributed by atoms with Crippen LogP contribution in [0.15, 0.2) is 41.8 Å². The van der Waals surface area contributed by atoms with Crippen LogP contribution in [0.1, 0.15) is 35.4 Å². The van der Waals surface area contributed by atoms with Crippen LogP contribution >= 0.6 is 11.3 Å². The van der Waals surface area contributed by atoms with Crippen LogP contribution in [0.2, 0.25) is 0 Å². The molecule has 128 valence electrons. The van der Waals surface area contributed by atoms with Crippen molar-refractivity contribution in [3.8, 4) is 0 Å². The molecule has 4 N–H and O–H groups in total. The van der Waals surface area contributed by atoms with Crippen molar-refractivity contribution in [1.29, 1.82) is 0 Å². The summed E-state index contributed by atoms with van der Waals surface area (Å²) in [7, 11) is 0. The normalized spacial score (nSPS) is 11.8. The number of rotatable bonds is 7. The molecule has 6 heteroatoms. The van der Waals surface area contributed by atoms with Gasteiger partial charge >= 0.3 is 6.03 Å². The lowest BCUT2D eigenvalue weighted by Gasteiger charge is -2.15. The number of imide groups is 1. The zero-order valence-corrected chi connectivity index (χ0v) is 14.9. The number of urea groups is 1. The quantitative estimate of drug-likeness (QED) is 0.717. The highest BCUT2D eigenvalue weighted by Gasteiger charge is 2.20. The number of nitrogens with two attached hydrogens (primary N) is 1. The van der Waals surface area contributed by atoms with Crippen LogP contribution in [-0.2, 0) is 4.79 Å². The maximum Gasteiger partial charge on any atom is 0.321 e. The lowest BCUT2D eigenvalue weighted by atomic mass is 10.0. The van der Waals surface area contributed by atoms with Crippen molar-refractivity contribution in [3.63, 3.8) is 0 Å². The van der Waals surface area contributed by atoms with Crippen LogP contribution in [0.5, 0.6) is 0 Å². The second-order valence-corrected chi connectivity index (χ2v) is 6.63. The maximum absolute atomic E-state index is 12.0. The van der Waals surface area contributed by atoms with Gasteiger partial charge in [0.25, 0.3) is 5.91 Å². The second-order valence-electron chi connectivity index (χ2n) is 5.65. The third-order valence-electron chi connectivity index (χ3n) is 3.61. The molecule has 0 saturated heterocycles. The first kappa shape index (κ1) is 18.2. The molecular formula is C18H24N3O2S+. The molecule has 1 aromatic heterocycles. The van der Waals surface area contributed by atoms with Gasteiger partial charge in [-0.25, -0.2) is 4.79 Å². The van der Waals surface area contributed by atoms with Gasteiger partial charge in [0.1, 0.15) is 6.04 Å². The monoisotopic (exact) mass is 346 g/mol. The first-order chi connectivity index (χ1) is 11.6. The molecule has 2 aromatic rings. The van der Waals surface area contributed by atoms with E-state index in [4.69, 9.17) is 0 Å². The fourth-order valence-corrected chi connectivity index (χ4v) is 3.19. The number of nitrogens with one attached hydrogen (secondary N) is 2. The van der Waals surface area contributed by atoms with Gasteiger partial charge in [0.05, 0.1) is 4.88 Å². The number of carbonyl (C=O) groups excluding carboxylic acids is 2. The fraction of sp³-hybridized carbons (Fsp3) is 0.333. The van der Waals surface area contributed by atoms with E-state index in [9.17, 15) is 9.59 Å². The van der Waals surface area contributed by atoms with Gasteiger partial charge in [0, 0.05) is 12.1 Å². The van der Waals surface area contributed by atoms with E-state index in [1.807, 2.05) is 23.7 Å². The highest BCUT2D eigenvalue weighted by molar-refractivity contribution is 7.10. The highest BCUT2D eigenvalue weighted by atomic mass is 32.1. The SMILES string of the molecule is CCCNC(=O)NC(=O)C[NH2+][C@@H](c1ccc(C)cc1)c1cccs1. The summed E-state index contributed by atoms with van der Waals surface area (Å²) in [5, 5.41) is 8.98. The standard InChI is InChI=1S/C18H23N3O2S/c1-3-10-19-18(23)21-16(22)12-20-17(15-5-4-11-24-15)14-8-6-13(2)7-9-14/h4-9,11,17,20H,3,10,12H2,1-2H3,(H2,19,21,22,23)/p+1/t17-/m0/s1. The summed E-state index contributed by atoms with van der Waals surface area (Å²) in [6.45, 7) is 4.76. The van der Waals surface area contributed by atoms with Gasteiger partial charge in [-0.3, -0.25) is 10.1 Å². The maximum atomic E-state index is 12.0.